The van der Waals surface area contributed by atoms with Gasteiger partial charge >= 0.3 is 0 Å². The summed E-state index contributed by atoms with van der Waals surface area (Å²) in [7, 11) is 6.94. The van der Waals surface area contributed by atoms with Crippen molar-refractivity contribution >= 4 is 17.7 Å². The number of aryl methyl sites for hydroxylation is 2. The van der Waals surface area contributed by atoms with Gasteiger partial charge in [-0.05, 0) is 95.0 Å². The number of aromatic nitrogens is 4. The van der Waals surface area contributed by atoms with Gasteiger partial charge in [-0.25, -0.2) is 5.10 Å². The monoisotopic (exact) mass is 625 g/mol. The van der Waals surface area contributed by atoms with E-state index in [1.54, 1.807) is 42.9 Å². The second-order valence-electron chi connectivity index (χ2n) is 13.1. The Morgan fingerprint density at radius 1 is 1.02 bits per heavy atom. The summed E-state index contributed by atoms with van der Waals surface area (Å²) >= 11 is 0. The predicted octanol–water partition coefficient (Wildman–Crippen LogP) is 2.56. The SMILES string of the molecule is CC(C)[C@@H](CC1(c2nnn[nH]2)c2ccc(C(=O)N(C)C)cc2CCc2cc(C(=O)N(C)C)ccc21)NCC(=O)N1CCC[C@H]1C#N. The fourth-order valence-electron chi connectivity index (χ4n) is 6.94. The van der Waals surface area contributed by atoms with Crippen molar-refractivity contribution in [1.82, 2.24) is 40.6 Å². The lowest BCUT2D eigenvalue weighted by Crippen LogP contribution is -2.48. The van der Waals surface area contributed by atoms with Gasteiger partial charge in [0.05, 0.1) is 18.0 Å². The number of amides is 3. The average molecular weight is 626 g/mol. The molecule has 1 aliphatic heterocycles. The molecule has 2 aliphatic rings. The highest BCUT2D eigenvalue weighted by molar-refractivity contribution is 5.95. The Hall–Kier alpha value is -4.63. The van der Waals surface area contributed by atoms with Crippen LogP contribution in [0.1, 0.15) is 81.9 Å². The predicted molar refractivity (Wildman–Crippen MR) is 172 cm³/mol. The molecule has 3 amide bonds. The van der Waals surface area contributed by atoms with E-state index in [1.807, 2.05) is 36.4 Å². The van der Waals surface area contributed by atoms with E-state index in [2.05, 4.69) is 45.9 Å². The average Bonchev–Trinajstić information content (AvgIpc) is 3.74. The molecular formula is C34H43N9O3. The maximum Gasteiger partial charge on any atom is 0.253 e. The zero-order chi connectivity index (χ0) is 33.2. The van der Waals surface area contributed by atoms with Gasteiger partial charge in [-0.1, -0.05) is 26.0 Å². The van der Waals surface area contributed by atoms with Crippen LogP contribution in [0.5, 0.6) is 0 Å². The lowest BCUT2D eigenvalue weighted by Gasteiger charge is -2.39. The van der Waals surface area contributed by atoms with Crippen LogP contribution in [0.2, 0.25) is 0 Å². The van der Waals surface area contributed by atoms with Crippen LogP contribution < -0.4 is 5.32 Å². The van der Waals surface area contributed by atoms with Gasteiger partial charge < -0.3 is 20.0 Å². The second-order valence-corrected chi connectivity index (χ2v) is 13.1. The number of aromatic amines is 1. The van der Waals surface area contributed by atoms with Crippen LogP contribution in [0.15, 0.2) is 36.4 Å². The van der Waals surface area contributed by atoms with E-state index in [1.165, 1.54) is 0 Å². The number of benzene rings is 2. The third-order valence-corrected chi connectivity index (χ3v) is 9.42. The molecule has 0 bridgehead atoms. The van der Waals surface area contributed by atoms with Gasteiger partial charge in [0.1, 0.15) is 6.04 Å². The van der Waals surface area contributed by atoms with E-state index >= 15 is 0 Å². The molecule has 12 heteroatoms. The molecule has 1 saturated heterocycles. The number of likely N-dealkylation sites (tertiary alicyclic amines) is 1. The van der Waals surface area contributed by atoms with E-state index in [0.29, 0.717) is 49.2 Å². The van der Waals surface area contributed by atoms with Crippen molar-refractivity contribution in [3.05, 3.63) is 75.6 Å². The summed E-state index contributed by atoms with van der Waals surface area (Å²) in [6.07, 6.45) is 3.29. The van der Waals surface area contributed by atoms with Crippen molar-refractivity contribution in [2.24, 2.45) is 5.92 Å². The zero-order valence-electron chi connectivity index (χ0n) is 27.5. The molecule has 1 aliphatic carbocycles. The Morgan fingerprint density at radius 3 is 2.09 bits per heavy atom. The number of tetrazole rings is 1. The van der Waals surface area contributed by atoms with Crippen molar-refractivity contribution in [3.63, 3.8) is 0 Å². The quantitative estimate of drug-likeness (QED) is 0.368. The van der Waals surface area contributed by atoms with E-state index in [9.17, 15) is 19.6 Å². The van der Waals surface area contributed by atoms with Gasteiger partial charge in [-0.15, -0.1) is 5.10 Å². The summed E-state index contributed by atoms with van der Waals surface area (Å²) in [6.45, 7) is 4.90. The van der Waals surface area contributed by atoms with E-state index < -0.39 is 11.5 Å². The van der Waals surface area contributed by atoms with Crippen LogP contribution in [-0.4, -0.2) is 106 Å². The summed E-state index contributed by atoms with van der Waals surface area (Å²) < 4.78 is 0. The Labute approximate surface area is 270 Å². The highest BCUT2D eigenvalue weighted by Crippen LogP contribution is 2.47. The van der Waals surface area contributed by atoms with Crippen molar-refractivity contribution in [1.29, 1.82) is 5.26 Å². The van der Waals surface area contributed by atoms with Crippen LogP contribution in [0, 0.1) is 17.2 Å². The van der Waals surface area contributed by atoms with Crippen molar-refractivity contribution < 1.29 is 14.4 Å². The third-order valence-electron chi connectivity index (χ3n) is 9.42. The molecule has 1 aromatic heterocycles. The van der Waals surface area contributed by atoms with Crippen molar-refractivity contribution in [2.75, 3.05) is 41.3 Å². The van der Waals surface area contributed by atoms with Crippen LogP contribution in [0.3, 0.4) is 0 Å². The Kier molecular flexibility index (Phi) is 9.53. The minimum atomic E-state index is -0.905. The Bertz CT molecular complexity index is 1570. The normalized spacial score (nSPS) is 17.4. The van der Waals surface area contributed by atoms with Gasteiger partial charge in [-0.3, -0.25) is 14.4 Å². The number of H-pyrrole nitrogens is 1. The first kappa shape index (κ1) is 32.8. The number of fused-ring (bicyclic) bond motifs is 2. The molecule has 0 unspecified atom stereocenters. The summed E-state index contributed by atoms with van der Waals surface area (Å²) in [6, 6.07) is 13.3. The van der Waals surface area contributed by atoms with Crippen molar-refractivity contribution in [2.45, 2.75) is 63.5 Å². The smallest absolute Gasteiger partial charge is 0.253 e. The number of rotatable bonds is 9. The molecule has 2 aromatic carbocycles. The molecule has 3 aromatic rings. The maximum absolute atomic E-state index is 13.3. The molecule has 0 radical (unpaired) electrons. The number of hydrogen-bond donors (Lipinski definition) is 2. The summed E-state index contributed by atoms with van der Waals surface area (Å²) in [5, 5.41) is 28.7. The van der Waals surface area contributed by atoms with Crippen LogP contribution in [-0.2, 0) is 23.1 Å². The minimum absolute atomic E-state index is 0.0896. The fraction of sp³-hybridized carbons (Fsp3) is 0.500. The first-order valence-corrected chi connectivity index (χ1v) is 15.8. The van der Waals surface area contributed by atoms with Gasteiger partial charge in [0, 0.05) is 51.9 Å². The van der Waals surface area contributed by atoms with Gasteiger partial charge in [-0.2, -0.15) is 5.26 Å². The maximum atomic E-state index is 13.3. The standard InChI is InChI=1S/C34H43N9O3/c1-21(2)29(36-20-30(44)43-15-7-8-26(43)19-35)18-34(33-37-39-40-38-33)27-13-11-24(31(45)41(3)4)16-22(27)9-10-23-17-25(12-14-28(23)34)32(46)42(5)6/h11-14,16-17,21,26,29,36H,7-10,15,18,20H2,1-6H3,(H,37,38,39,40)/t26-,29+/m0/s1. The molecule has 2 N–H and O–H groups in total. The topological polar surface area (TPSA) is 151 Å². The zero-order valence-corrected chi connectivity index (χ0v) is 27.5. The first-order valence-electron chi connectivity index (χ1n) is 15.8. The van der Waals surface area contributed by atoms with Gasteiger partial charge in [0.25, 0.3) is 11.8 Å². The molecule has 1 fully saturated rings. The number of carbonyl (C=O) groups excluding carboxylic acids is 3. The Morgan fingerprint density at radius 2 is 1.61 bits per heavy atom. The summed E-state index contributed by atoms with van der Waals surface area (Å²) in [4.78, 5) is 44.2. The molecule has 46 heavy (non-hydrogen) atoms. The van der Waals surface area contributed by atoms with E-state index in [0.717, 1.165) is 28.7 Å². The highest BCUT2D eigenvalue weighted by atomic mass is 16.2. The van der Waals surface area contributed by atoms with E-state index in [4.69, 9.17) is 0 Å². The number of nitrogens with one attached hydrogen (secondary N) is 2. The van der Waals surface area contributed by atoms with Crippen LogP contribution >= 0.6 is 0 Å². The third kappa shape index (κ3) is 6.11. The van der Waals surface area contributed by atoms with Gasteiger partial charge in [0.2, 0.25) is 5.91 Å². The summed E-state index contributed by atoms with van der Waals surface area (Å²) in [5.74, 6) is 0.371. The lowest BCUT2D eigenvalue weighted by atomic mass is 9.66. The van der Waals surface area contributed by atoms with E-state index in [-0.39, 0.29) is 36.2 Å². The van der Waals surface area contributed by atoms with Crippen LogP contribution in [0.25, 0.3) is 0 Å². The fourth-order valence-corrected chi connectivity index (χ4v) is 6.94. The number of nitriles is 1. The highest BCUT2D eigenvalue weighted by Gasteiger charge is 2.46. The molecule has 2 atom stereocenters. The van der Waals surface area contributed by atoms with Gasteiger partial charge in [0.15, 0.2) is 5.82 Å². The molecule has 0 spiro atoms. The molecule has 0 saturated carbocycles. The lowest BCUT2D eigenvalue weighted by molar-refractivity contribution is -0.130. The molecule has 2 heterocycles. The number of hydrogen-bond acceptors (Lipinski definition) is 8. The minimum Gasteiger partial charge on any atom is -0.345 e. The molecular weight excluding hydrogens is 582 g/mol. The molecule has 242 valence electrons. The van der Waals surface area contributed by atoms with Crippen molar-refractivity contribution in [3.8, 4) is 6.07 Å². The first-order chi connectivity index (χ1) is 22.0. The Balaban J connectivity index is 1.65. The molecule has 5 rings (SSSR count). The van der Waals surface area contributed by atoms with Crippen LogP contribution in [0.4, 0.5) is 0 Å². The number of carbonyl (C=O) groups is 3. The largest absolute Gasteiger partial charge is 0.345 e. The second kappa shape index (κ2) is 13.4. The molecule has 12 nitrogen and oxygen atoms in total. The number of nitrogens with zero attached hydrogens (tertiary/aromatic N) is 7. The summed E-state index contributed by atoms with van der Waals surface area (Å²) in [5.41, 5.74) is 4.19.